The summed E-state index contributed by atoms with van der Waals surface area (Å²) < 4.78 is 5.23. The van der Waals surface area contributed by atoms with Crippen LogP contribution in [0.5, 0.6) is 0 Å². The van der Waals surface area contributed by atoms with Crippen LogP contribution in [0.25, 0.3) is 0 Å². The van der Waals surface area contributed by atoms with Crippen LogP contribution in [0.2, 0.25) is 0 Å². The molecule has 0 amide bonds. The van der Waals surface area contributed by atoms with E-state index in [4.69, 9.17) is 4.74 Å². The van der Waals surface area contributed by atoms with E-state index in [1.165, 1.54) is 109 Å². The summed E-state index contributed by atoms with van der Waals surface area (Å²) in [7, 11) is 0. The molecule has 1 unspecified atom stereocenters. The van der Waals surface area contributed by atoms with Crippen molar-refractivity contribution < 1.29 is 4.74 Å². The third-order valence-electron chi connectivity index (χ3n) is 4.78. The van der Waals surface area contributed by atoms with E-state index in [0.29, 0.717) is 6.10 Å². The van der Waals surface area contributed by atoms with Crippen LogP contribution in [0.3, 0.4) is 0 Å². The van der Waals surface area contributed by atoms with Gasteiger partial charge >= 0.3 is 0 Å². The number of hydrogen-bond acceptors (Lipinski definition) is 1. The molecule has 0 radical (unpaired) electrons. The highest BCUT2D eigenvalue weighted by Gasteiger charge is 2.20. The summed E-state index contributed by atoms with van der Waals surface area (Å²) in [6.07, 6.45) is 25.3. The molecule has 1 aliphatic rings. The fourth-order valence-electron chi connectivity index (χ4n) is 3.15. The van der Waals surface area contributed by atoms with E-state index < -0.39 is 0 Å². The fraction of sp³-hybridized carbons (Fsp3) is 1.00. The van der Waals surface area contributed by atoms with E-state index in [1.54, 1.807) is 0 Å². The normalized spacial score (nSPS) is 17.3. The van der Waals surface area contributed by atoms with Crippen molar-refractivity contribution in [3.05, 3.63) is 0 Å². The van der Waals surface area contributed by atoms with Gasteiger partial charge in [-0.25, -0.2) is 0 Å². The standard InChI is InChI=1S/C20H40O/c1-2-3-4-5-6-7-8-9-10-11-12-13-14-15-16-17-18-20-19-21-20/h20H,2-19H2,1H3. The van der Waals surface area contributed by atoms with Crippen LogP contribution in [-0.2, 0) is 4.74 Å². The van der Waals surface area contributed by atoms with Gasteiger partial charge in [0.2, 0.25) is 0 Å². The second-order valence-corrected chi connectivity index (χ2v) is 7.05. The van der Waals surface area contributed by atoms with Crippen molar-refractivity contribution in [2.75, 3.05) is 6.61 Å². The Morgan fingerprint density at radius 3 is 1.24 bits per heavy atom. The Labute approximate surface area is 134 Å². The summed E-state index contributed by atoms with van der Waals surface area (Å²) in [5.74, 6) is 0. The molecule has 1 heteroatoms. The van der Waals surface area contributed by atoms with E-state index in [-0.39, 0.29) is 0 Å². The van der Waals surface area contributed by atoms with Crippen molar-refractivity contribution in [2.24, 2.45) is 0 Å². The van der Waals surface area contributed by atoms with Gasteiger partial charge < -0.3 is 4.74 Å². The lowest BCUT2D eigenvalue weighted by Crippen LogP contribution is -1.86. The number of hydrogen-bond donors (Lipinski definition) is 0. The zero-order chi connectivity index (χ0) is 15.0. The van der Waals surface area contributed by atoms with Gasteiger partial charge in [0.25, 0.3) is 0 Å². The highest BCUT2D eigenvalue weighted by atomic mass is 16.6. The minimum Gasteiger partial charge on any atom is -0.373 e. The summed E-state index contributed by atoms with van der Waals surface area (Å²) in [4.78, 5) is 0. The molecule has 0 spiro atoms. The molecule has 0 aromatic carbocycles. The van der Waals surface area contributed by atoms with Gasteiger partial charge in [-0.1, -0.05) is 110 Å². The first-order valence-corrected chi connectivity index (χ1v) is 10.0. The van der Waals surface area contributed by atoms with Crippen molar-refractivity contribution in [3.8, 4) is 0 Å². The SMILES string of the molecule is CCCCCCCCCCCCCCCCCCC1CO1. The Hall–Kier alpha value is -0.0400. The molecule has 1 aliphatic heterocycles. The average Bonchev–Trinajstić information content (AvgIpc) is 3.31. The molecule has 1 heterocycles. The zero-order valence-corrected chi connectivity index (χ0v) is 14.7. The Morgan fingerprint density at radius 1 is 0.571 bits per heavy atom. The molecular weight excluding hydrogens is 256 g/mol. The van der Waals surface area contributed by atoms with E-state index in [9.17, 15) is 0 Å². The number of ether oxygens (including phenoxy) is 1. The van der Waals surface area contributed by atoms with E-state index >= 15 is 0 Å². The first-order valence-electron chi connectivity index (χ1n) is 10.0. The van der Waals surface area contributed by atoms with Crippen LogP contribution in [0, 0.1) is 0 Å². The molecule has 1 rings (SSSR count). The lowest BCUT2D eigenvalue weighted by atomic mass is 10.0. The molecule has 0 N–H and O–H groups in total. The summed E-state index contributed by atoms with van der Waals surface area (Å²) in [5.41, 5.74) is 0. The molecule has 0 bridgehead atoms. The third kappa shape index (κ3) is 14.7. The van der Waals surface area contributed by atoms with Crippen LogP contribution in [0.4, 0.5) is 0 Å². The lowest BCUT2D eigenvalue weighted by molar-refractivity contribution is 0.387. The molecule has 21 heavy (non-hydrogen) atoms. The quantitative estimate of drug-likeness (QED) is 0.207. The molecule has 0 aliphatic carbocycles. The number of rotatable bonds is 17. The molecule has 126 valence electrons. The lowest BCUT2D eigenvalue weighted by Gasteiger charge is -2.03. The van der Waals surface area contributed by atoms with Crippen LogP contribution >= 0.6 is 0 Å². The van der Waals surface area contributed by atoms with Gasteiger partial charge in [-0.15, -0.1) is 0 Å². The van der Waals surface area contributed by atoms with Crippen molar-refractivity contribution in [1.82, 2.24) is 0 Å². The predicted octanol–water partition coefficient (Wildman–Crippen LogP) is 7.04. The molecule has 0 aromatic rings. The van der Waals surface area contributed by atoms with Gasteiger partial charge in [0.05, 0.1) is 12.7 Å². The van der Waals surface area contributed by atoms with E-state index in [0.717, 1.165) is 6.61 Å². The van der Waals surface area contributed by atoms with Gasteiger partial charge in [0, 0.05) is 0 Å². The monoisotopic (exact) mass is 296 g/mol. The second-order valence-electron chi connectivity index (χ2n) is 7.05. The first kappa shape index (κ1) is 19.0. The van der Waals surface area contributed by atoms with E-state index in [2.05, 4.69) is 6.92 Å². The molecule has 1 nitrogen and oxygen atoms in total. The van der Waals surface area contributed by atoms with Gasteiger partial charge in [0.1, 0.15) is 0 Å². The number of epoxide rings is 1. The summed E-state index contributed by atoms with van der Waals surface area (Å²) in [5, 5.41) is 0. The Morgan fingerprint density at radius 2 is 0.905 bits per heavy atom. The Balaban J connectivity index is 1.59. The maximum Gasteiger partial charge on any atom is 0.0810 e. The van der Waals surface area contributed by atoms with Crippen molar-refractivity contribution in [1.29, 1.82) is 0 Å². The highest BCUT2D eigenvalue weighted by molar-refractivity contribution is 4.68. The molecule has 1 saturated heterocycles. The number of unbranched alkanes of at least 4 members (excludes halogenated alkanes) is 15. The van der Waals surface area contributed by atoms with Crippen LogP contribution in [0.1, 0.15) is 116 Å². The predicted molar refractivity (Wildman–Crippen MR) is 93.9 cm³/mol. The Kier molecular flexibility index (Phi) is 13.5. The smallest absolute Gasteiger partial charge is 0.0810 e. The molecule has 1 fully saturated rings. The summed E-state index contributed by atoms with van der Waals surface area (Å²) in [6.45, 7) is 3.34. The summed E-state index contributed by atoms with van der Waals surface area (Å²) >= 11 is 0. The topological polar surface area (TPSA) is 12.5 Å². The fourth-order valence-corrected chi connectivity index (χ4v) is 3.15. The van der Waals surface area contributed by atoms with Gasteiger partial charge in [-0.2, -0.15) is 0 Å². The minimum absolute atomic E-state index is 0.650. The molecule has 0 aromatic heterocycles. The van der Waals surface area contributed by atoms with Crippen molar-refractivity contribution in [2.45, 2.75) is 122 Å². The maximum absolute atomic E-state index is 5.23. The van der Waals surface area contributed by atoms with Crippen LogP contribution < -0.4 is 0 Å². The largest absolute Gasteiger partial charge is 0.373 e. The minimum atomic E-state index is 0.650. The zero-order valence-electron chi connectivity index (χ0n) is 14.7. The highest BCUT2D eigenvalue weighted by Crippen LogP contribution is 2.18. The van der Waals surface area contributed by atoms with Crippen molar-refractivity contribution in [3.63, 3.8) is 0 Å². The van der Waals surface area contributed by atoms with Crippen LogP contribution in [-0.4, -0.2) is 12.7 Å². The van der Waals surface area contributed by atoms with Crippen molar-refractivity contribution >= 4 is 0 Å². The summed E-state index contributed by atoms with van der Waals surface area (Å²) in [6, 6.07) is 0. The Bertz CT molecular complexity index is 198. The average molecular weight is 297 g/mol. The molecule has 0 saturated carbocycles. The van der Waals surface area contributed by atoms with E-state index in [1.807, 2.05) is 0 Å². The molecule has 1 atom stereocenters. The second kappa shape index (κ2) is 14.9. The van der Waals surface area contributed by atoms with Gasteiger partial charge in [-0.3, -0.25) is 0 Å². The van der Waals surface area contributed by atoms with Crippen LogP contribution in [0.15, 0.2) is 0 Å². The van der Waals surface area contributed by atoms with Gasteiger partial charge in [-0.05, 0) is 6.42 Å². The molecular formula is C20H40O. The maximum atomic E-state index is 5.23. The van der Waals surface area contributed by atoms with Gasteiger partial charge in [0.15, 0.2) is 0 Å². The first-order chi connectivity index (χ1) is 10.4. The third-order valence-corrected chi connectivity index (χ3v) is 4.78.